The van der Waals surface area contributed by atoms with Crippen molar-refractivity contribution < 1.29 is 14.3 Å². The second-order valence-electron chi connectivity index (χ2n) is 7.81. The molecule has 2 aromatic rings. The third kappa shape index (κ3) is 4.94. The number of hydrogen-bond acceptors (Lipinski definition) is 4. The summed E-state index contributed by atoms with van der Waals surface area (Å²) in [6.07, 6.45) is 1.58. The Kier molecular flexibility index (Phi) is 6.52. The highest BCUT2D eigenvalue weighted by Crippen LogP contribution is 2.30. The van der Waals surface area contributed by atoms with E-state index in [0.717, 1.165) is 30.0 Å². The van der Waals surface area contributed by atoms with Gasteiger partial charge < -0.3 is 15.0 Å². The maximum atomic E-state index is 12.8. The smallest absolute Gasteiger partial charge is 0.253 e. The van der Waals surface area contributed by atoms with Crippen LogP contribution < -0.4 is 10.1 Å². The minimum Gasteiger partial charge on any atom is -0.497 e. The van der Waals surface area contributed by atoms with Crippen molar-refractivity contribution >= 4 is 11.8 Å². The van der Waals surface area contributed by atoms with Gasteiger partial charge in [0.1, 0.15) is 5.75 Å². The Bertz CT molecular complexity index is 869. The monoisotopic (exact) mass is 395 g/mol. The molecule has 154 valence electrons. The van der Waals surface area contributed by atoms with E-state index >= 15 is 0 Å². The van der Waals surface area contributed by atoms with Crippen LogP contribution in [0.2, 0.25) is 0 Å². The van der Waals surface area contributed by atoms with Gasteiger partial charge in [0.25, 0.3) is 11.8 Å². The molecule has 0 radical (unpaired) electrons. The largest absolute Gasteiger partial charge is 0.497 e. The predicted octanol–water partition coefficient (Wildman–Crippen LogP) is 3.56. The number of nitrogens with one attached hydrogen (secondary N) is 1. The molecule has 0 saturated carbocycles. The van der Waals surface area contributed by atoms with E-state index in [4.69, 9.17) is 9.72 Å². The number of pyridine rings is 1. The lowest BCUT2D eigenvalue weighted by molar-refractivity contribution is 0.0710. The van der Waals surface area contributed by atoms with Gasteiger partial charge in [-0.3, -0.25) is 14.6 Å². The summed E-state index contributed by atoms with van der Waals surface area (Å²) in [4.78, 5) is 32.0. The van der Waals surface area contributed by atoms with E-state index in [-0.39, 0.29) is 23.8 Å². The van der Waals surface area contributed by atoms with E-state index in [1.165, 1.54) is 0 Å². The van der Waals surface area contributed by atoms with Gasteiger partial charge in [-0.2, -0.15) is 0 Å². The average Bonchev–Trinajstić information content (AvgIpc) is 2.73. The highest BCUT2D eigenvalue weighted by atomic mass is 16.5. The maximum absolute atomic E-state index is 12.8. The zero-order chi connectivity index (χ0) is 21.0. The number of amides is 2. The molecule has 3 rings (SSSR count). The van der Waals surface area contributed by atoms with Gasteiger partial charge >= 0.3 is 0 Å². The molecule has 1 saturated heterocycles. The van der Waals surface area contributed by atoms with Gasteiger partial charge in [-0.25, -0.2) is 0 Å². The Hall–Kier alpha value is -2.89. The zero-order valence-electron chi connectivity index (χ0n) is 17.6. The van der Waals surface area contributed by atoms with Crippen molar-refractivity contribution in [3.8, 4) is 5.75 Å². The maximum Gasteiger partial charge on any atom is 0.253 e. The molecule has 1 N–H and O–H groups in total. The van der Waals surface area contributed by atoms with Gasteiger partial charge in [0, 0.05) is 36.3 Å². The third-order valence-electron chi connectivity index (χ3n) is 5.23. The Labute approximate surface area is 172 Å². The number of rotatable bonds is 5. The summed E-state index contributed by atoms with van der Waals surface area (Å²) in [5.41, 5.74) is 3.05. The minimum absolute atomic E-state index is 0.0288. The molecule has 0 spiro atoms. The van der Waals surface area contributed by atoms with Crippen LogP contribution in [0.1, 0.15) is 64.7 Å². The number of ether oxygens (including phenoxy) is 1. The molecule has 6 nitrogen and oxygen atoms in total. The molecule has 6 heteroatoms. The lowest BCUT2D eigenvalue weighted by Gasteiger charge is -2.32. The van der Waals surface area contributed by atoms with Crippen molar-refractivity contribution in [2.45, 2.75) is 45.6 Å². The Morgan fingerprint density at radius 3 is 2.34 bits per heavy atom. The third-order valence-corrected chi connectivity index (χ3v) is 5.23. The van der Waals surface area contributed by atoms with Crippen LogP contribution in [0.5, 0.6) is 5.75 Å². The molecule has 2 amide bonds. The van der Waals surface area contributed by atoms with Gasteiger partial charge in [0.15, 0.2) is 0 Å². The van der Waals surface area contributed by atoms with Crippen LogP contribution in [0.25, 0.3) is 0 Å². The number of hydrogen-bond donors (Lipinski definition) is 1. The van der Waals surface area contributed by atoms with E-state index in [0.29, 0.717) is 24.2 Å². The molecule has 0 unspecified atom stereocenters. The highest BCUT2D eigenvalue weighted by Gasteiger charge is 2.28. The minimum atomic E-state index is -0.0840. The average molecular weight is 396 g/mol. The summed E-state index contributed by atoms with van der Waals surface area (Å²) < 4.78 is 5.16. The Morgan fingerprint density at radius 1 is 1.10 bits per heavy atom. The number of methoxy groups -OCH3 is 1. The molecule has 1 fully saturated rings. The fraction of sp³-hybridized carbons (Fsp3) is 0.435. The van der Waals surface area contributed by atoms with Crippen LogP contribution in [-0.2, 0) is 0 Å². The normalized spacial score (nSPS) is 14.7. The zero-order valence-corrected chi connectivity index (χ0v) is 17.6. The lowest BCUT2D eigenvalue weighted by atomic mass is 9.89. The van der Waals surface area contributed by atoms with Crippen LogP contribution in [0.3, 0.4) is 0 Å². The molecule has 0 aliphatic carbocycles. The van der Waals surface area contributed by atoms with Crippen LogP contribution >= 0.6 is 0 Å². The lowest BCUT2D eigenvalue weighted by Crippen LogP contribution is -2.38. The molecular weight excluding hydrogens is 366 g/mol. The molecule has 0 bridgehead atoms. The topological polar surface area (TPSA) is 71.5 Å². The van der Waals surface area contributed by atoms with Crippen LogP contribution in [0.15, 0.2) is 36.4 Å². The predicted molar refractivity (Wildman–Crippen MR) is 112 cm³/mol. The Morgan fingerprint density at radius 2 is 1.76 bits per heavy atom. The molecule has 1 aliphatic rings. The van der Waals surface area contributed by atoms with Crippen molar-refractivity contribution in [1.82, 2.24) is 15.2 Å². The molecule has 1 aromatic heterocycles. The molecular formula is C23H29N3O3. The first-order valence-electron chi connectivity index (χ1n) is 10.1. The number of benzene rings is 1. The molecule has 2 heterocycles. The van der Waals surface area contributed by atoms with Crippen LogP contribution in [0.4, 0.5) is 0 Å². The number of carbonyl (C=O) groups is 2. The first-order valence-corrected chi connectivity index (χ1v) is 10.1. The second-order valence-corrected chi connectivity index (χ2v) is 7.81. The molecule has 0 atom stereocenters. The number of piperidine rings is 1. The number of aromatic nitrogens is 1. The van der Waals surface area contributed by atoms with Gasteiger partial charge in [-0.15, -0.1) is 0 Å². The van der Waals surface area contributed by atoms with Gasteiger partial charge in [-0.1, -0.05) is 0 Å². The van der Waals surface area contributed by atoms with Crippen LogP contribution in [-0.4, -0.2) is 47.9 Å². The highest BCUT2D eigenvalue weighted by molar-refractivity contribution is 5.96. The van der Waals surface area contributed by atoms with Crippen molar-refractivity contribution in [2.75, 3.05) is 20.2 Å². The van der Waals surface area contributed by atoms with Gasteiger partial charge in [0.2, 0.25) is 0 Å². The Balaban J connectivity index is 1.71. The van der Waals surface area contributed by atoms with Crippen molar-refractivity contribution in [2.24, 2.45) is 0 Å². The number of likely N-dealkylation sites (tertiary alicyclic amines) is 1. The summed E-state index contributed by atoms with van der Waals surface area (Å²) in [6.45, 7) is 7.13. The van der Waals surface area contributed by atoms with E-state index < -0.39 is 0 Å². The van der Waals surface area contributed by atoms with E-state index in [1.54, 1.807) is 31.4 Å². The molecule has 1 aromatic carbocycles. The van der Waals surface area contributed by atoms with Crippen LogP contribution in [0, 0.1) is 6.92 Å². The fourth-order valence-electron chi connectivity index (χ4n) is 3.69. The second kappa shape index (κ2) is 9.07. The summed E-state index contributed by atoms with van der Waals surface area (Å²) in [5.74, 6) is 0.848. The summed E-state index contributed by atoms with van der Waals surface area (Å²) in [5, 5.41) is 2.96. The summed E-state index contributed by atoms with van der Waals surface area (Å²) in [7, 11) is 1.61. The van der Waals surface area contributed by atoms with Gasteiger partial charge in [0.05, 0.1) is 18.4 Å². The quantitative estimate of drug-likeness (QED) is 0.840. The summed E-state index contributed by atoms with van der Waals surface area (Å²) >= 11 is 0. The van der Waals surface area contributed by atoms with Crippen molar-refractivity contribution in [1.29, 1.82) is 0 Å². The van der Waals surface area contributed by atoms with E-state index in [1.807, 2.05) is 37.8 Å². The number of nitrogens with zero attached hydrogens (tertiary/aromatic N) is 2. The molecule has 1 aliphatic heterocycles. The van der Waals surface area contributed by atoms with Crippen molar-refractivity contribution in [3.05, 3.63) is 58.9 Å². The first kappa shape index (κ1) is 20.8. The molecule has 29 heavy (non-hydrogen) atoms. The SMILES string of the molecule is COc1ccc(C(=O)N2CCC(c3nc(C)ccc3C(=O)NC(C)C)CC2)cc1. The van der Waals surface area contributed by atoms with E-state index in [2.05, 4.69) is 5.32 Å². The first-order chi connectivity index (χ1) is 13.9. The van der Waals surface area contributed by atoms with E-state index in [9.17, 15) is 9.59 Å². The van der Waals surface area contributed by atoms with Gasteiger partial charge in [-0.05, 0) is 70.0 Å². The number of carbonyl (C=O) groups excluding carboxylic acids is 2. The van der Waals surface area contributed by atoms with Crippen molar-refractivity contribution in [3.63, 3.8) is 0 Å². The standard InChI is InChI=1S/C23H29N3O3/c1-15(2)24-22(27)20-10-5-16(3)25-21(20)17-11-13-26(14-12-17)23(28)18-6-8-19(29-4)9-7-18/h5-10,15,17H,11-14H2,1-4H3,(H,24,27). The fourth-order valence-corrected chi connectivity index (χ4v) is 3.69. The number of aryl methyl sites for hydroxylation is 1. The summed E-state index contributed by atoms with van der Waals surface area (Å²) in [6, 6.07) is 11.0.